The van der Waals surface area contributed by atoms with Crippen LogP contribution in [0.1, 0.15) is 105 Å². The van der Waals surface area contributed by atoms with Gasteiger partial charge in [-0.05, 0) is 110 Å². The van der Waals surface area contributed by atoms with Crippen molar-refractivity contribution in [3.05, 3.63) is 0 Å². The van der Waals surface area contributed by atoms with Gasteiger partial charge in [-0.3, -0.25) is 0 Å². The van der Waals surface area contributed by atoms with E-state index in [4.69, 9.17) is 0 Å². The summed E-state index contributed by atoms with van der Waals surface area (Å²) >= 11 is 0. The molecule has 0 bridgehead atoms. The van der Waals surface area contributed by atoms with Gasteiger partial charge in [-0.1, -0.05) is 47.0 Å². The van der Waals surface area contributed by atoms with Crippen LogP contribution in [0, 0.1) is 52.3 Å². The quantitative estimate of drug-likeness (QED) is 0.557. The van der Waals surface area contributed by atoms with E-state index in [-0.39, 0.29) is 0 Å². The van der Waals surface area contributed by atoms with Gasteiger partial charge in [-0.2, -0.15) is 0 Å². The van der Waals surface area contributed by atoms with Crippen LogP contribution in [-0.4, -0.2) is 11.7 Å². The van der Waals surface area contributed by atoms with Crippen molar-refractivity contribution in [3.63, 3.8) is 0 Å². The first-order chi connectivity index (χ1) is 12.9. The molecule has 0 amide bonds. The third-order valence-electron chi connectivity index (χ3n) is 10.8. The van der Waals surface area contributed by atoms with E-state index in [1.807, 2.05) is 0 Å². The standard InChI is InChI=1S/C26H46O/c1-5-7-19-12-14-25(3)20(16-19)10-11-21-23-9-6-8-22(18(2)17-27)26(23,4)15-13-24(21)25/h18-24,27H,5-17H2,1-4H3/t18-,19?,20?,21-,22+,23?,24?,25-,26+/m0/s1. The van der Waals surface area contributed by atoms with Crippen molar-refractivity contribution in [3.8, 4) is 0 Å². The lowest BCUT2D eigenvalue weighted by Crippen LogP contribution is -2.57. The Morgan fingerprint density at radius 3 is 2.41 bits per heavy atom. The number of hydrogen-bond donors (Lipinski definition) is 1. The molecule has 4 aliphatic carbocycles. The van der Waals surface area contributed by atoms with Gasteiger partial charge < -0.3 is 5.11 Å². The summed E-state index contributed by atoms with van der Waals surface area (Å²) in [6.45, 7) is 10.4. The summed E-state index contributed by atoms with van der Waals surface area (Å²) in [4.78, 5) is 0. The fraction of sp³-hybridized carbons (Fsp3) is 1.00. The molecule has 0 aromatic carbocycles. The highest BCUT2D eigenvalue weighted by Gasteiger charge is 2.59. The van der Waals surface area contributed by atoms with Gasteiger partial charge in [0.1, 0.15) is 0 Å². The number of aliphatic hydroxyl groups is 1. The van der Waals surface area contributed by atoms with Gasteiger partial charge in [-0.15, -0.1) is 0 Å². The molecule has 1 heteroatoms. The summed E-state index contributed by atoms with van der Waals surface area (Å²) in [6, 6.07) is 0. The SMILES string of the molecule is CCCC1CC[C@@]2(C)C(CC[C@@H]3C2CC[C@@]2(C)C3CCC[C@@H]2[C@@H](C)CO)C1. The van der Waals surface area contributed by atoms with Gasteiger partial charge in [0, 0.05) is 6.61 Å². The molecule has 4 aliphatic rings. The third-order valence-corrected chi connectivity index (χ3v) is 10.8. The predicted molar refractivity (Wildman–Crippen MR) is 114 cm³/mol. The van der Waals surface area contributed by atoms with E-state index in [0.29, 0.717) is 23.4 Å². The second-order valence-corrected chi connectivity index (χ2v) is 11.8. The van der Waals surface area contributed by atoms with Crippen LogP contribution in [-0.2, 0) is 0 Å². The fourth-order valence-corrected chi connectivity index (χ4v) is 9.32. The van der Waals surface area contributed by atoms with Crippen molar-refractivity contribution in [1.29, 1.82) is 0 Å². The molecule has 4 saturated carbocycles. The normalized spacial score (nSPS) is 51.0. The summed E-state index contributed by atoms with van der Waals surface area (Å²) in [6.07, 6.45) is 17.6. The Labute approximate surface area is 169 Å². The molecule has 0 aromatic heterocycles. The Hall–Kier alpha value is -0.0400. The maximum absolute atomic E-state index is 9.89. The lowest BCUT2D eigenvalue weighted by molar-refractivity contribution is -0.154. The van der Waals surface area contributed by atoms with Crippen LogP contribution in [0.4, 0.5) is 0 Å². The zero-order chi connectivity index (χ0) is 19.2. The maximum Gasteiger partial charge on any atom is 0.0459 e. The highest BCUT2D eigenvalue weighted by atomic mass is 16.3. The average Bonchev–Trinajstić information content (AvgIpc) is 2.66. The Morgan fingerprint density at radius 1 is 0.926 bits per heavy atom. The molecule has 156 valence electrons. The minimum Gasteiger partial charge on any atom is -0.396 e. The van der Waals surface area contributed by atoms with E-state index >= 15 is 0 Å². The summed E-state index contributed by atoms with van der Waals surface area (Å²) in [5.74, 6) is 6.22. The van der Waals surface area contributed by atoms with Crippen LogP contribution >= 0.6 is 0 Å². The molecule has 0 aromatic rings. The summed E-state index contributed by atoms with van der Waals surface area (Å²) in [5.41, 5.74) is 1.15. The molecule has 4 rings (SSSR count). The minimum absolute atomic E-state index is 0.389. The Kier molecular flexibility index (Phi) is 5.74. The van der Waals surface area contributed by atoms with Crippen molar-refractivity contribution >= 4 is 0 Å². The highest BCUT2D eigenvalue weighted by Crippen LogP contribution is 2.67. The van der Waals surface area contributed by atoms with Gasteiger partial charge in [0.25, 0.3) is 0 Å². The van der Waals surface area contributed by atoms with Crippen molar-refractivity contribution in [1.82, 2.24) is 0 Å². The van der Waals surface area contributed by atoms with Gasteiger partial charge in [0.15, 0.2) is 0 Å². The molecule has 27 heavy (non-hydrogen) atoms. The smallest absolute Gasteiger partial charge is 0.0459 e. The summed E-state index contributed by atoms with van der Waals surface area (Å²) in [5, 5.41) is 9.89. The van der Waals surface area contributed by atoms with Gasteiger partial charge in [0.2, 0.25) is 0 Å². The molecule has 0 aliphatic heterocycles. The van der Waals surface area contributed by atoms with E-state index in [1.54, 1.807) is 6.42 Å². The molecule has 0 radical (unpaired) electrons. The Balaban J connectivity index is 1.55. The molecule has 4 unspecified atom stereocenters. The van der Waals surface area contributed by atoms with E-state index in [1.165, 1.54) is 70.6 Å². The lowest BCUT2D eigenvalue weighted by atomic mass is 9.41. The Morgan fingerprint density at radius 2 is 1.67 bits per heavy atom. The molecule has 0 heterocycles. The maximum atomic E-state index is 9.89. The molecule has 4 fully saturated rings. The van der Waals surface area contributed by atoms with Crippen LogP contribution in [0.25, 0.3) is 0 Å². The van der Waals surface area contributed by atoms with Crippen LogP contribution < -0.4 is 0 Å². The zero-order valence-electron chi connectivity index (χ0n) is 18.7. The second kappa shape index (κ2) is 7.66. The number of aliphatic hydroxyl groups excluding tert-OH is 1. The number of hydrogen-bond acceptors (Lipinski definition) is 1. The summed E-state index contributed by atoms with van der Waals surface area (Å²) in [7, 11) is 0. The van der Waals surface area contributed by atoms with E-state index in [2.05, 4.69) is 27.7 Å². The molecule has 1 nitrogen and oxygen atoms in total. The topological polar surface area (TPSA) is 20.2 Å². The number of rotatable bonds is 4. The van der Waals surface area contributed by atoms with Crippen molar-refractivity contribution < 1.29 is 5.11 Å². The zero-order valence-corrected chi connectivity index (χ0v) is 18.7. The van der Waals surface area contributed by atoms with Crippen LogP contribution in [0.2, 0.25) is 0 Å². The molecule has 0 saturated heterocycles. The Bertz CT molecular complexity index is 514. The van der Waals surface area contributed by atoms with E-state index < -0.39 is 0 Å². The highest BCUT2D eigenvalue weighted by molar-refractivity contribution is 5.08. The second-order valence-electron chi connectivity index (χ2n) is 11.8. The van der Waals surface area contributed by atoms with Crippen LogP contribution in [0.5, 0.6) is 0 Å². The first-order valence-corrected chi connectivity index (χ1v) is 12.5. The first kappa shape index (κ1) is 20.2. The van der Waals surface area contributed by atoms with Gasteiger partial charge >= 0.3 is 0 Å². The van der Waals surface area contributed by atoms with E-state index in [9.17, 15) is 5.11 Å². The molecule has 9 atom stereocenters. The van der Waals surface area contributed by atoms with Crippen LogP contribution in [0.15, 0.2) is 0 Å². The largest absolute Gasteiger partial charge is 0.396 e. The lowest BCUT2D eigenvalue weighted by Gasteiger charge is -2.64. The van der Waals surface area contributed by atoms with Gasteiger partial charge in [-0.25, -0.2) is 0 Å². The molecular formula is C26H46O. The summed E-state index contributed by atoms with van der Waals surface area (Å²) < 4.78 is 0. The van der Waals surface area contributed by atoms with Crippen LogP contribution in [0.3, 0.4) is 0 Å². The molecule has 1 N–H and O–H groups in total. The van der Waals surface area contributed by atoms with E-state index in [0.717, 1.165) is 35.5 Å². The fourth-order valence-electron chi connectivity index (χ4n) is 9.32. The third kappa shape index (κ3) is 3.23. The van der Waals surface area contributed by atoms with Crippen molar-refractivity contribution in [2.45, 2.75) is 105 Å². The van der Waals surface area contributed by atoms with Crippen molar-refractivity contribution in [2.24, 2.45) is 52.3 Å². The molecular weight excluding hydrogens is 328 g/mol. The average molecular weight is 375 g/mol. The van der Waals surface area contributed by atoms with Crippen molar-refractivity contribution in [2.75, 3.05) is 6.61 Å². The minimum atomic E-state index is 0.389. The monoisotopic (exact) mass is 374 g/mol. The molecule has 0 spiro atoms. The van der Waals surface area contributed by atoms with Gasteiger partial charge in [0.05, 0.1) is 0 Å². The number of fused-ring (bicyclic) bond motifs is 5. The predicted octanol–water partition coefficient (Wildman–Crippen LogP) is 7.08. The first-order valence-electron chi connectivity index (χ1n) is 12.5.